The van der Waals surface area contributed by atoms with Crippen LogP contribution < -0.4 is 10.5 Å². The summed E-state index contributed by atoms with van der Waals surface area (Å²) in [6.45, 7) is 1.70. The molecule has 17 heavy (non-hydrogen) atoms. The third kappa shape index (κ3) is 3.20. The molecule has 2 unspecified atom stereocenters. The van der Waals surface area contributed by atoms with Gasteiger partial charge in [0, 0.05) is 12.5 Å². The first-order valence-corrected chi connectivity index (χ1v) is 7.49. The van der Waals surface area contributed by atoms with Crippen LogP contribution in [-0.2, 0) is 16.3 Å². The molecule has 4 nitrogen and oxygen atoms in total. The van der Waals surface area contributed by atoms with Crippen molar-refractivity contribution in [2.75, 3.05) is 11.5 Å². The molecule has 5 heteroatoms. The Balaban J connectivity index is 2.00. The van der Waals surface area contributed by atoms with Gasteiger partial charge in [0.2, 0.25) is 0 Å². The third-order valence-electron chi connectivity index (χ3n) is 2.67. The van der Waals surface area contributed by atoms with Crippen molar-refractivity contribution in [2.45, 2.75) is 25.5 Å². The van der Waals surface area contributed by atoms with E-state index in [1.165, 1.54) is 0 Å². The molecule has 0 saturated heterocycles. The molecule has 0 radical (unpaired) electrons. The normalized spacial score (nSPS) is 20.7. The van der Waals surface area contributed by atoms with Crippen molar-refractivity contribution in [2.24, 2.45) is 5.73 Å². The lowest BCUT2D eigenvalue weighted by Gasteiger charge is -2.12. The molecular formula is C12H17NO3S. The Morgan fingerprint density at radius 1 is 1.47 bits per heavy atom. The maximum absolute atomic E-state index is 11.8. The van der Waals surface area contributed by atoms with Crippen molar-refractivity contribution >= 4 is 9.84 Å². The average molecular weight is 255 g/mol. The second kappa shape index (κ2) is 4.66. The Labute approximate surface area is 102 Å². The standard InChI is InChI=1S/C12H17NO3S/c1-9(13)7-17(14,15)8-11-6-10-4-2-3-5-12(10)16-11/h2-5,9,11H,6-8,13H2,1H3. The highest BCUT2D eigenvalue weighted by Gasteiger charge is 2.27. The summed E-state index contributed by atoms with van der Waals surface area (Å²) in [4.78, 5) is 0. The van der Waals surface area contributed by atoms with E-state index in [1.54, 1.807) is 6.92 Å². The van der Waals surface area contributed by atoms with E-state index in [-0.39, 0.29) is 23.7 Å². The van der Waals surface area contributed by atoms with E-state index in [1.807, 2.05) is 24.3 Å². The summed E-state index contributed by atoms with van der Waals surface area (Å²) in [5, 5.41) is 0. The van der Waals surface area contributed by atoms with Crippen LogP contribution >= 0.6 is 0 Å². The van der Waals surface area contributed by atoms with Crippen molar-refractivity contribution in [3.63, 3.8) is 0 Å². The first kappa shape index (κ1) is 12.4. The molecule has 1 heterocycles. The van der Waals surface area contributed by atoms with Crippen molar-refractivity contribution in [3.8, 4) is 5.75 Å². The zero-order valence-corrected chi connectivity index (χ0v) is 10.6. The highest BCUT2D eigenvalue weighted by Crippen LogP contribution is 2.28. The molecule has 1 aromatic rings. The van der Waals surface area contributed by atoms with Gasteiger partial charge in [-0.05, 0) is 18.6 Å². The Kier molecular flexibility index (Phi) is 3.40. The van der Waals surface area contributed by atoms with E-state index in [2.05, 4.69) is 0 Å². The molecule has 2 N–H and O–H groups in total. The number of fused-ring (bicyclic) bond motifs is 1. The maximum Gasteiger partial charge on any atom is 0.155 e. The fraction of sp³-hybridized carbons (Fsp3) is 0.500. The van der Waals surface area contributed by atoms with Gasteiger partial charge in [0.1, 0.15) is 11.9 Å². The summed E-state index contributed by atoms with van der Waals surface area (Å²) in [7, 11) is -3.13. The van der Waals surface area contributed by atoms with E-state index < -0.39 is 9.84 Å². The predicted molar refractivity (Wildman–Crippen MR) is 66.9 cm³/mol. The molecular weight excluding hydrogens is 238 g/mol. The molecule has 0 fully saturated rings. The van der Waals surface area contributed by atoms with Gasteiger partial charge in [0.15, 0.2) is 9.84 Å². The van der Waals surface area contributed by atoms with Gasteiger partial charge in [-0.3, -0.25) is 0 Å². The number of benzene rings is 1. The summed E-state index contributed by atoms with van der Waals surface area (Å²) in [5.74, 6) is 0.861. The van der Waals surface area contributed by atoms with E-state index in [0.29, 0.717) is 6.42 Å². The largest absolute Gasteiger partial charge is 0.489 e. The van der Waals surface area contributed by atoms with Gasteiger partial charge in [0.25, 0.3) is 0 Å². The zero-order chi connectivity index (χ0) is 12.5. The summed E-state index contributed by atoms with van der Waals surface area (Å²) in [6.07, 6.45) is 0.394. The molecule has 94 valence electrons. The van der Waals surface area contributed by atoms with Crippen molar-refractivity contribution in [1.82, 2.24) is 0 Å². The van der Waals surface area contributed by atoms with E-state index in [0.717, 1.165) is 11.3 Å². The minimum absolute atomic E-state index is 0.0171. The number of hydrogen-bond donors (Lipinski definition) is 1. The molecule has 0 aliphatic carbocycles. The number of nitrogens with two attached hydrogens (primary N) is 1. The van der Waals surface area contributed by atoms with Gasteiger partial charge in [-0.1, -0.05) is 18.2 Å². The van der Waals surface area contributed by atoms with Gasteiger partial charge in [-0.25, -0.2) is 8.42 Å². The van der Waals surface area contributed by atoms with Gasteiger partial charge >= 0.3 is 0 Å². The second-order valence-corrected chi connectivity index (χ2v) is 6.76. The third-order valence-corrected chi connectivity index (χ3v) is 4.58. The second-order valence-electron chi connectivity index (χ2n) is 4.61. The van der Waals surface area contributed by atoms with Crippen LogP contribution in [0.3, 0.4) is 0 Å². The number of para-hydroxylation sites is 1. The van der Waals surface area contributed by atoms with Gasteiger partial charge in [-0.2, -0.15) is 0 Å². The molecule has 2 atom stereocenters. The Morgan fingerprint density at radius 3 is 2.82 bits per heavy atom. The Bertz CT molecular complexity index is 471. The Morgan fingerprint density at radius 2 is 2.18 bits per heavy atom. The lowest BCUT2D eigenvalue weighted by Crippen LogP contribution is -2.33. The summed E-state index contributed by atoms with van der Waals surface area (Å²) < 4.78 is 29.2. The van der Waals surface area contributed by atoms with Crippen LogP contribution in [-0.4, -0.2) is 32.1 Å². The van der Waals surface area contributed by atoms with Crippen molar-refractivity contribution < 1.29 is 13.2 Å². The molecule has 0 saturated carbocycles. The molecule has 0 aromatic heterocycles. The maximum atomic E-state index is 11.8. The number of hydrogen-bond acceptors (Lipinski definition) is 4. The van der Waals surface area contributed by atoms with Crippen LogP contribution in [0.1, 0.15) is 12.5 Å². The quantitative estimate of drug-likeness (QED) is 0.862. The van der Waals surface area contributed by atoms with Gasteiger partial charge in [0.05, 0.1) is 11.5 Å². The molecule has 0 spiro atoms. The number of rotatable bonds is 4. The smallest absolute Gasteiger partial charge is 0.155 e. The van der Waals surface area contributed by atoms with Crippen LogP contribution in [0.5, 0.6) is 5.75 Å². The molecule has 1 aliphatic heterocycles. The molecule has 1 aliphatic rings. The van der Waals surface area contributed by atoms with Crippen molar-refractivity contribution in [1.29, 1.82) is 0 Å². The van der Waals surface area contributed by atoms with Crippen LogP contribution in [0.4, 0.5) is 0 Å². The topological polar surface area (TPSA) is 69.4 Å². The van der Waals surface area contributed by atoms with E-state index in [4.69, 9.17) is 10.5 Å². The minimum atomic E-state index is -3.13. The predicted octanol–water partition coefficient (Wildman–Crippen LogP) is 0.752. The summed E-state index contributed by atoms with van der Waals surface area (Å²) in [6, 6.07) is 7.32. The lowest BCUT2D eigenvalue weighted by molar-refractivity contribution is 0.256. The summed E-state index contributed by atoms with van der Waals surface area (Å²) in [5.41, 5.74) is 6.59. The molecule has 0 amide bonds. The zero-order valence-electron chi connectivity index (χ0n) is 9.80. The lowest BCUT2D eigenvalue weighted by atomic mass is 10.1. The first-order chi connectivity index (χ1) is 7.96. The van der Waals surface area contributed by atoms with Crippen LogP contribution in [0.15, 0.2) is 24.3 Å². The molecule has 0 bridgehead atoms. The fourth-order valence-corrected chi connectivity index (χ4v) is 3.79. The Hall–Kier alpha value is -1.07. The van der Waals surface area contributed by atoms with Crippen LogP contribution in [0.25, 0.3) is 0 Å². The highest BCUT2D eigenvalue weighted by atomic mass is 32.2. The van der Waals surface area contributed by atoms with Crippen molar-refractivity contribution in [3.05, 3.63) is 29.8 Å². The van der Waals surface area contributed by atoms with E-state index in [9.17, 15) is 8.42 Å². The molecule has 1 aromatic carbocycles. The minimum Gasteiger partial charge on any atom is -0.489 e. The summed E-state index contributed by atoms with van der Waals surface area (Å²) >= 11 is 0. The number of sulfone groups is 1. The van der Waals surface area contributed by atoms with E-state index >= 15 is 0 Å². The number of ether oxygens (including phenoxy) is 1. The average Bonchev–Trinajstić information content (AvgIpc) is 2.55. The highest BCUT2D eigenvalue weighted by molar-refractivity contribution is 7.91. The monoisotopic (exact) mass is 255 g/mol. The SMILES string of the molecule is CC(N)CS(=O)(=O)CC1Cc2ccccc2O1. The van der Waals surface area contributed by atoms with Gasteiger partial charge < -0.3 is 10.5 Å². The van der Waals surface area contributed by atoms with Crippen LogP contribution in [0, 0.1) is 0 Å². The molecule has 2 rings (SSSR count). The fourth-order valence-electron chi connectivity index (χ4n) is 2.10. The van der Waals surface area contributed by atoms with Gasteiger partial charge in [-0.15, -0.1) is 0 Å². The first-order valence-electron chi connectivity index (χ1n) is 5.67. The van der Waals surface area contributed by atoms with Crippen LogP contribution in [0.2, 0.25) is 0 Å².